The van der Waals surface area contributed by atoms with Gasteiger partial charge in [-0.1, -0.05) is 176 Å². The lowest BCUT2D eigenvalue weighted by Gasteiger charge is -2.39. The molecule has 8 aromatic carbocycles. The van der Waals surface area contributed by atoms with E-state index in [2.05, 4.69) is 176 Å². The Morgan fingerprint density at radius 2 is 0.618 bits per heavy atom. The van der Waals surface area contributed by atoms with Crippen LogP contribution in [0.5, 0.6) is 0 Å². The molecule has 55 heavy (non-hydrogen) atoms. The summed E-state index contributed by atoms with van der Waals surface area (Å²) in [5, 5.41) is 0. The zero-order valence-corrected chi connectivity index (χ0v) is 30.8. The molecule has 260 valence electrons. The highest BCUT2D eigenvalue weighted by Crippen LogP contribution is 2.80. The summed E-state index contributed by atoms with van der Waals surface area (Å²) in [5.41, 5.74) is 10.1. The van der Waals surface area contributed by atoms with Gasteiger partial charge in [0.2, 0.25) is 0 Å². The van der Waals surface area contributed by atoms with Crippen molar-refractivity contribution in [1.82, 2.24) is 15.0 Å². The van der Waals surface area contributed by atoms with Crippen LogP contribution in [0.2, 0.25) is 0 Å². The van der Waals surface area contributed by atoms with Crippen molar-refractivity contribution in [2.45, 2.75) is 19.6 Å². The molecule has 0 radical (unpaired) electrons. The van der Waals surface area contributed by atoms with E-state index in [9.17, 15) is 0 Å². The molecule has 0 saturated heterocycles. The molecule has 0 fully saturated rings. The molecule has 0 aliphatic carbocycles. The Balaban J connectivity index is 1.09. The molecule has 4 heteroatoms. The normalized spacial score (nSPS) is 13.1. The van der Waals surface area contributed by atoms with Crippen LogP contribution in [0.15, 0.2) is 232 Å². The number of fused-ring (bicyclic) bond motifs is 3. The highest BCUT2D eigenvalue weighted by Gasteiger charge is 2.42. The third kappa shape index (κ3) is 5.67. The summed E-state index contributed by atoms with van der Waals surface area (Å²) in [6, 6.07) is 75.7. The van der Waals surface area contributed by atoms with Gasteiger partial charge in [-0.25, -0.2) is 15.0 Å². The van der Waals surface area contributed by atoms with Gasteiger partial charge in [0, 0.05) is 41.8 Å². The second-order valence-electron chi connectivity index (χ2n) is 13.6. The minimum atomic E-state index is -1.73. The van der Waals surface area contributed by atoms with E-state index in [1.54, 1.807) is 0 Å². The average Bonchev–Trinajstić information content (AvgIpc) is 3.59. The molecule has 0 spiro atoms. The fourth-order valence-corrected chi connectivity index (χ4v) is 12.1. The van der Waals surface area contributed by atoms with Gasteiger partial charge < -0.3 is 0 Å². The van der Waals surface area contributed by atoms with E-state index in [4.69, 9.17) is 15.0 Å². The summed E-state index contributed by atoms with van der Waals surface area (Å²) < 4.78 is 0. The fourth-order valence-electron chi connectivity index (χ4n) is 7.85. The van der Waals surface area contributed by atoms with Crippen LogP contribution >= 0.6 is 10.0 Å². The Labute approximate surface area is 323 Å². The molecule has 10 rings (SSSR count). The largest absolute Gasteiger partial charge is 0.208 e. The first-order valence-electron chi connectivity index (χ1n) is 18.5. The van der Waals surface area contributed by atoms with Gasteiger partial charge >= 0.3 is 0 Å². The summed E-state index contributed by atoms with van der Waals surface area (Å²) in [5.74, 6) is 1.93. The summed E-state index contributed by atoms with van der Waals surface area (Å²) >= 11 is 0. The second-order valence-corrected chi connectivity index (χ2v) is 16.7. The first-order chi connectivity index (χ1) is 27.3. The Morgan fingerprint density at radius 3 is 1.16 bits per heavy atom. The molecule has 0 unspecified atom stereocenters. The maximum Gasteiger partial charge on any atom is 0.164 e. The van der Waals surface area contributed by atoms with E-state index in [0.29, 0.717) is 17.5 Å². The van der Waals surface area contributed by atoms with Crippen molar-refractivity contribution < 1.29 is 0 Å². The molecule has 1 aliphatic rings. The highest BCUT2D eigenvalue weighted by molar-refractivity contribution is 8.34. The number of hydrogen-bond donors (Lipinski definition) is 0. The maximum atomic E-state index is 5.06. The van der Waals surface area contributed by atoms with Crippen LogP contribution in [0, 0.1) is 0 Å². The van der Waals surface area contributed by atoms with Gasteiger partial charge in [0.1, 0.15) is 0 Å². The second kappa shape index (κ2) is 13.8. The SMILES string of the molecule is c1ccc(-c2ccc(-c3nc(-c4ccccc4)nc(-c4ccc(-c5cccc6c5-c5ccccc5S6(c5ccccc5)c5ccccc5)cc4)n3)cc2)cc1. The molecular formula is C51H35N3S. The van der Waals surface area contributed by atoms with Crippen LogP contribution < -0.4 is 0 Å². The molecule has 3 nitrogen and oxygen atoms in total. The summed E-state index contributed by atoms with van der Waals surface area (Å²) in [6.45, 7) is 0. The van der Waals surface area contributed by atoms with E-state index in [1.165, 1.54) is 41.8 Å². The average molecular weight is 722 g/mol. The molecule has 1 aliphatic heterocycles. The molecule has 0 amide bonds. The topological polar surface area (TPSA) is 38.7 Å². The van der Waals surface area contributed by atoms with Crippen LogP contribution in [0.25, 0.3) is 67.5 Å². The lowest BCUT2D eigenvalue weighted by atomic mass is 9.94. The number of hydrogen-bond acceptors (Lipinski definition) is 3. The van der Waals surface area contributed by atoms with Gasteiger partial charge in [-0.2, -0.15) is 0 Å². The highest BCUT2D eigenvalue weighted by atomic mass is 32.3. The zero-order valence-electron chi connectivity index (χ0n) is 30.0. The van der Waals surface area contributed by atoms with Crippen molar-refractivity contribution in [2.75, 3.05) is 0 Å². The third-order valence-corrected chi connectivity index (χ3v) is 14.4. The van der Waals surface area contributed by atoms with Gasteiger partial charge in [-0.05, 0) is 64.2 Å². The Hall–Kier alpha value is -6.88. The monoisotopic (exact) mass is 721 g/mol. The summed E-state index contributed by atoms with van der Waals surface area (Å²) in [4.78, 5) is 20.5. The minimum absolute atomic E-state index is 0.641. The zero-order chi connectivity index (χ0) is 36.6. The van der Waals surface area contributed by atoms with Gasteiger partial charge in [-0.15, -0.1) is 10.0 Å². The molecular weight excluding hydrogens is 687 g/mol. The lowest BCUT2D eigenvalue weighted by molar-refractivity contribution is 1.07. The summed E-state index contributed by atoms with van der Waals surface area (Å²) in [6.07, 6.45) is 0. The molecule has 0 bridgehead atoms. The van der Waals surface area contributed by atoms with Crippen LogP contribution in [0.4, 0.5) is 0 Å². The summed E-state index contributed by atoms with van der Waals surface area (Å²) in [7, 11) is -1.73. The van der Waals surface area contributed by atoms with Crippen molar-refractivity contribution in [3.63, 3.8) is 0 Å². The van der Waals surface area contributed by atoms with E-state index in [1.807, 2.05) is 36.4 Å². The van der Waals surface area contributed by atoms with Crippen molar-refractivity contribution >= 4 is 10.0 Å². The Morgan fingerprint density at radius 1 is 0.255 bits per heavy atom. The van der Waals surface area contributed by atoms with Crippen molar-refractivity contribution in [1.29, 1.82) is 0 Å². The standard InChI is InChI=1S/C51H35N3S/c1-5-16-36(17-6-1)37-28-32-40(33-29-37)50-52-49(39-18-7-2-8-19-39)53-51(54-50)41-34-30-38(31-35-41)44-25-15-27-47-48(44)45-24-13-14-26-46(45)55(47,42-20-9-3-10-21-42)43-22-11-4-12-23-43/h1-35H. The fraction of sp³-hybridized carbons (Fsp3) is 0. The minimum Gasteiger partial charge on any atom is -0.208 e. The number of benzene rings is 8. The quantitative estimate of drug-likeness (QED) is 0.164. The van der Waals surface area contributed by atoms with Gasteiger partial charge in [0.15, 0.2) is 17.5 Å². The van der Waals surface area contributed by atoms with E-state index in [-0.39, 0.29) is 0 Å². The van der Waals surface area contributed by atoms with Crippen LogP contribution in [0.3, 0.4) is 0 Å². The van der Waals surface area contributed by atoms with Crippen molar-refractivity contribution in [2.24, 2.45) is 0 Å². The molecule has 9 aromatic rings. The molecule has 0 atom stereocenters. The molecule has 0 N–H and O–H groups in total. The Kier molecular flexibility index (Phi) is 8.24. The van der Waals surface area contributed by atoms with Crippen LogP contribution in [0.1, 0.15) is 0 Å². The molecule has 0 saturated carbocycles. The predicted octanol–water partition coefficient (Wildman–Crippen LogP) is 13.5. The Bertz CT molecular complexity index is 2730. The van der Waals surface area contributed by atoms with Gasteiger partial charge in [0.05, 0.1) is 0 Å². The predicted molar refractivity (Wildman–Crippen MR) is 226 cm³/mol. The van der Waals surface area contributed by atoms with E-state index in [0.717, 1.165) is 27.8 Å². The number of nitrogens with zero attached hydrogens (tertiary/aromatic N) is 3. The maximum absolute atomic E-state index is 5.06. The van der Waals surface area contributed by atoms with E-state index < -0.39 is 10.0 Å². The molecule has 1 aromatic heterocycles. The lowest BCUT2D eigenvalue weighted by Crippen LogP contribution is -2.01. The molecule has 2 heterocycles. The number of rotatable bonds is 7. The smallest absolute Gasteiger partial charge is 0.164 e. The third-order valence-electron chi connectivity index (χ3n) is 10.4. The van der Waals surface area contributed by atoms with Gasteiger partial charge in [-0.3, -0.25) is 0 Å². The van der Waals surface area contributed by atoms with Crippen molar-refractivity contribution in [3.05, 3.63) is 212 Å². The first-order valence-corrected chi connectivity index (χ1v) is 20.1. The van der Waals surface area contributed by atoms with E-state index >= 15 is 0 Å². The van der Waals surface area contributed by atoms with Crippen molar-refractivity contribution in [3.8, 4) is 67.5 Å². The first kappa shape index (κ1) is 32.7. The van der Waals surface area contributed by atoms with Crippen LogP contribution in [-0.2, 0) is 0 Å². The van der Waals surface area contributed by atoms with Crippen LogP contribution in [-0.4, -0.2) is 15.0 Å². The van der Waals surface area contributed by atoms with Gasteiger partial charge in [0.25, 0.3) is 0 Å². The number of aromatic nitrogens is 3.